The summed E-state index contributed by atoms with van der Waals surface area (Å²) in [5.74, 6) is 1.23. The molecule has 1 nitrogen and oxygen atoms in total. The van der Waals surface area contributed by atoms with Gasteiger partial charge in [-0.1, -0.05) is 26.0 Å². The quantitative estimate of drug-likeness (QED) is 0.691. The van der Waals surface area contributed by atoms with Crippen LogP contribution in [-0.2, 0) is 0 Å². The fourth-order valence-corrected chi connectivity index (χ4v) is 1.77. The maximum absolute atomic E-state index is 8.97. The molecule has 0 aliphatic heterocycles. The van der Waals surface area contributed by atoms with E-state index in [1.165, 1.54) is 24.0 Å². The first-order chi connectivity index (χ1) is 6.72. The van der Waals surface area contributed by atoms with Gasteiger partial charge in [0.2, 0.25) is 0 Å². The molecule has 1 aromatic rings. The topological polar surface area (TPSA) is 23.8 Å². The van der Waals surface area contributed by atoms with E-state index in [0.29, 0.717) is 11.8 Å². The third-order valence-electron chi connectivity index (χ3n) is 2.88. The molecule has 72 valence electrons. The van der Waals surface area contributed by atoms with Crippen molar-refractivity contribution in [2.75, 3.05) is 0 Å². The van der Waals surface area contributed by atoms with Crippen LogP contribution in [0.5, 0.6) is 0 Å². The molecular weight excluding hydrogens is 170 g/mol. The van der Waals surface area contributed by atoms with E-state index in [1.54, 1.807) is 0 Å². The first-order valence-corrected chi connectivity index (χ1v) is 5.26. The average molecular weight is 185 g/mol. The molecular formula is C13H15N. The predicted molar refractivity (Wildman–Crippen MR) is 57.2 cm³/mol. The third kappa shape index (κ3) is 1.65. The van der Waals surface area contributed by atoms with Crippen LogP contribution >= 0.6 is 0 Å². The minimum Gasteiger partial charge on any atom is -0.192 e. The van der Waals surface area contributed by atoms with Crippen molar-refractivity contribution >= 4 is 0 Å². The number of benzene rings is 1. The first-order valence-electron chi connectivity index (χ1n) is 5.26. The van der Waals surface area contributed by atoms with E-state index in [1.807, 2.05) is 6.07 Å². The zero-order valence-electron chi connectivity index (χ0n) is 8.75. The van der Waals surface area contributed by atoms with Crippen molar-refractivity contribution in [3.63, 3.8) is 0 Å². The molecule has 1 heteroatoms. The highest BCUT2D eigenvalue weighted by Crippen LogP contribution is 2.42. The van der Waals surface area contributed by atoms with Gasteiger partial charge in [0.1, 0.15) is 0 Å². The van der Waals surface area contributed by atoms with E-state index in [4.69, 9.17) is 5.26 Å². The first kappa shape index (κ1) is 9.27. The molecule has 0 aromatic heterocycles. The van der Waals surface area contributed by atoms with Crippen molar-refractivity contribution in [1.82, 2.24) is 0 Å². The summed E-state index contributed by atoms with van der Waals surface area (Å²) >= 11 is 0. The van der Waals surface area contributed by atoms with E-state index in [9.17, 15) is 0 Å². The van der Waals surface area contributed by atoms with Crippen molar-refractivity contribution in [1.29, 1.82) is 5.26 Å². The molecule has 0 heterocycles. The highest BCUT2D eigenvalue weighted by molar-refractivity contribution is 5.44. The maximum Gasteiger partial charge on any atom is 0.0994 e. The molecule has 1 fully saturated rings. The monoisotopic (exact) mass is 185 g/mol. The van der Waals surface area contributed by atoms with Gasteiger partial charge in [-0.25, -0.2) is 0 Å². The van der Waals surface area contributed by atoms with Gasteiger partial charge in [0.15, 0.2) is 0 Å². The normalized spacial score (nSPS) is 15.6. The van der Waals surface area contributed by atoms with Crippen LogP contribution in [0.1, 0.15) is 55.2 Å². The van der Waals surface area contributed by atoms with E-state index in [2.05, 4.69) is 32.0 Å². The smallest absolute Gasteiger partial charge is 0.0994 e. The molecule has 14 heavy (non-hydrogen) atoms. The van der Waals surface area contributed by atoms with Crippen LogP contribution < -0.4 is 0 Å². The lowest BCUT2D eigenvalue weighted by molar-refractivity contribution is 0.861. The lowest BCUT2D eigenvalue weighted by Gasteiger charge is -2.09. The highest BCUT2D eigenvalue weighted by Gasteiger charge is 2.26. The molecule has 2 rings (SSSR count). The minimum absolute atomic E-state index is 0.556. The fourth-order valence-electron chi connectivity index (χ4n) is 1.77. The number of hydrogen-bond donors (Lipinski definition) is 0. The molecule has 0 saturated heterocycles. The summed E-state index contributed by atoms with van der Waals surface area (Å²) in [5.41, 5.74) is 3.50. The summed E-state index contributed by atoms with van der Waals surface area (Å²) in [6.45, 7) is 4.39. The van der Waals surface area contributed by atoms with Crippen molar-refractivity contribution < 1.29 is 0 Å². The second kappa shape index (κ2) is 3.46. The Labute approximate surface area is 85.4 Å². The zero-order valence-corrected chi connectivity index (χ0v) is 8.75. The Morgan fingerprint density at radius 2 is 2.07 bits per heavy atom. The largest absolute Gasteiger partial charge is 0.192 e. The van der Waals surface area contributed by atoms with Crippen LogP contribution in [0.3, 0.4) is 0 Å². The van der Waals surface area contributed by atoms with Crippen LogP contribution in [0.2, 0.25) is 0 Å². The Morgan fingerprint density at radius 3 is 2.57 bits per heavy atom. The lowest BCUT2D eigenvalue weighted by atomic mass is 9.95. The van der Waals surface area contributed by atoms with Crippen molar-refractivity contribution in [3.8, 4) is 6.07 Å². The Kier molecular flexibility index (Phi) is 2.29. The summed E-state index contributed by atoms with van der Waals surface area (Å²) < 4.78 is 0. The number of rotatable bonds is 2. The van der Waals surface area contributed by atoms with Gasteiger partial charge in [-0.3, -0.25) is 0 Å². The van der Waals surface area contributed by atoms with Gasteiger partial charge in [-0.15, -0.1) is 0 Å². The lowest BCUT2D eigenvalue weighted by Crippen LogP contribution is -1.93. The number of nitrogens with zero attached hydrogens (tertiary/aromatic N) is 1. The summed E-state index contributed by atoms with van der Waals surface area (Å²) in [4.78, 5) is 0. The van der Waals surface area contributed by atoms with E-state index in [-0.39, 0.29) is 0 Å². The van der Waals surface area contributed by atoms with Crippen LogP contribution in [0.25, 0.3) is 0 Å². The van der Waals surface area contributed by atoms with Crippen molar-refractivity contribution in [2.45, 2.75) is 38.5 Å². The van der Waals surface area contributed by atoms with Crippen molar-refractivity contribution in [2.24, 2.45) is 0 Å². The predicted octanol–water partition coefficient (Wildman–Crippen LogP) is 3.56. The molecule has 0 atom stereocenters. The summed E-state index contributed by atoms with van der Waals surface area (Å²) in [6, 6.07) is 8.56. The number of hydrogen-bond acceptors (Lipinski definition) is 1. The molecule has 0 unspecified atom stereocenters. The average Bonchev–Trinajstić information content (AvgIpc) is 3.00. The summed E-state index contributed by atoms with van der Waals surface area (Å²) in [5, 5.41) is 8.97. The molecule has 0 amide bonds. The Morgan fingerprint density at radius 1 is 1.36 bits per heavy atom. The van der Waals surface area contributed by atoms with Crippen LogP contribution in [0.4, 0.5) is 0 Å². The summed E-state index contributed by atoms with van der Waals surface area (Å²) in [6.07, 6.45) is 2.52. The Bertz CT molecular complexity index is 381. The van der Waals surface area contributed by atoms with Gasteiger partial charge < -0.3 is 0 Å². The molecule has 0 N–H and O–H groups in total. The molecule has 1 aromatic carbocycles. The second-order valence-corrected chi connectivity index (χ2v) is 4.39. The fraction of sp³-hybridized carbons (Fsp3) is 0.462. The molecule has 0 bridgehead atoms. The second-order valence-electron chi connectivity index (χ2n) is 4.39. The van der Waals surface area contributed by atoms with E-state index < -0.39 is 0 Å². The standard InChI is InChI=1S/C13H15N/c1-9(2)11-5-6-12(8-14)13(7-11)10-3-4-10/h5-7,9-10H,3-4H2,1-2H3. The third-order valence-corrected chi connectivity index (χ3v) is 2.88. The van der Waals surface area contributed by atoms with E-state index >= 15 is 0 Å². The maximum atomic E-state index is 8.97. The molecule has 1 saturated carbocycles. The molecule has 1 aliphatic rings. The highest BCUT2D eigenvalue weighted by atomic mass is 14.3. The van der Waals surface area contributed by atoms with E-state index in [0.717, 1.165) is 5.56 Å². The molecule has 0 spiro atoms. The summed E-state index contributed by atoms with van der Waals surface area (Å²) in [7, 11) is 0. The SMILES string of the molecule is CC(C)c1ccc(C#N)c(C2CC2)c1. The van der Waals surface area contributed by atoms with Gasteiger partial charge in [-0.2, -0.15) is 5.26 Å². The molecule has 1 aliphatic carbocycles. The van der Waals surface area contributed by atoms with Crippen LogP contribution in [0.15, 0.2) is 18.2 Å². The molecule has 0 radical (unpaired) electrons. The zero-order chi connectivity index (χ0) is 10.1. The Balaban J connectivity index is 2.42. The van der Waals surface area contributed by atoms with Crippen LogP contribution in [-0.4, -0.2) is 0 Å². The van der Waals surface area contributed by atoms with Gasteiger partial charge in [0, 0.05) is 0 Å². The number of nitriles is 1. The van der Waals surface area contributed by atoms with Crippen molar-refractivity contribution in [3.05, 3.63) is 34.9 Å². The Hall–Kier alpha value is -1.29. The van der Waals surface area contributed by atoms with Gasteiger partial charge in [0.25, 0.3) is 0 Å². The minimum atomic E-state index is 0.556. The van der Waals surface area contributed by atoms with Gasteiger partial charge >= 0.3 is 0 Å². The van der Waals surface area contributed by atoms with Crippen LogP contribution in [0, 0.1) is 11.3 Å². The van der Waals surface area contributed by atoms with Gasteiger partial charge in [0.05, 0.1) is 11.6 Å². The van der Waals surface area contributed by atoms with Gasteiger partial charge in [-0.05, 0) is 41.9 Å².